The van der Waals surface area contributed by atoms with E-state index in [1.165, 1.54) is 0 Å². The van der Waals surface area contributed by atoms with Gasteiger partial charge in [-0.15, -0.1) is 0 Å². The van der Waals surface area contributed by atoms with Gasteiger partial charge in [-0.3, -0.25) is 9.59 Å². The highest BCUT2D eigenvalue weighted by molar-refractivity contribution is 5.78. The molecule has 1 heterocycles. The van der Waals surface area contributed by atoms with Crippen LogP contribution in [0.5, 0.6) is 0 Å². The largest absolute Gasteiger partial charge is 0.481 e. The van der Waals surface area contributed by atoms with Crippen molar-refractivity contribution in [2.24, 2.45) is 16.6 Å². The summed E-state index contributed by atoms with van der Waals surface area (Å²) in [6.45, 7) is 7.77. The standard InChI is InChI=1S/C15H28N2O3/c1-14(2,6-9-16)5-4-12(18)17-10-7-15(3,8-11-17)13(19)20/h4-11,16H2,1-3H3,(H,19,20). The Morgan fingerprint density at radius 1 is 1.25 bits per heavy atom. The fourth-order valence-corrected chi connectivity index (χ4v) is 2.58. The summed E-state index contributed by atoms with van der Waals surface area (Å²) in [5.74, 6) is -0.615. The van der Waals surface area contributed by atoms with Gasteiger partial charge >= 0.3 is 5.97 Å². The van der Waals surface area contributed by atoms with Crippen molar-refractivity contribution < 1.29 is 14.7 Å². The zero-order valence-corrected chi connectivity index (χ0v) is 12.9. The van der Waals surface area contributed by atoms with Crippen LogP contribution in [0.15, 0.2) is 0 Å². The maximum Gasteiger partial charge on any atom is 0.309 e. The van der Waals surface area contributed by atoms with Gasteiger partial charge in [-0.25, -0.2) is 0 Å². The van der Waals surface area contributed by atoms with Crippen LogP contribution in [0.25, 0.3) is 0 Å². The van der Waals surface area contributed by atoms with E-state index in [2.05, 4.69) is 13.8 Å². The Kier molecular flexibility index (Phi) is 5.57. The van der Waals surface area contributed by atoms with E-state index in [-0.39, 0.29) is 11.3 Å². The van der Waals surface area contributed by atoms with Crippen LogP contribution in [0.1, 0.15) is 52.9 Å². The monoisotopic (exact) mass is 284 g/mol. The molecule has 0 unspecified atom stereocenters. The predicted octanol–water partition coefficient (Wildman–Crippen LogP) is 1.85. The number of aliphatic carboxylic acids is 1. The zero-order valence-electron chi connectivity index (χ0n) is 12.9. The Labute approximate surface area is 121 Å². The minimum atomic E-state index is -0.756. The maximum absolute atomic E-state index is 12.2. The number of carboxylic acids is 1. The molecule has 20 heavy (non-hydrogen) atoms. The van der Waals surface area contributed by atoms with Gasteiger partial charge < -0.3 is 15.7 Å². The van der Waals surface area contributed by atoms with E-state index in [9.17, 15) is 14.7 Å². The van der Waals surface area contributed by atoms with E-state index < -0.39 is 11.4 Å². The second kappa shape index (κ2) is 6.57. The highest BCUT2D eigenvalue weighted by Crippen LogP contribution is 2.32. The lowest BCUT2D eigenvalue weighted by Gasteiger charge is -2.37. The van der Waals surface area contributed by atoms with E-state index in [4.69, 9.17) is 5.73 Å². The number of nitrogens with zero attached hydrogens (tertiary/aromatic N) is 1. The molecule has 1 fully saturated rings. The van der Waals surface area contributed by atoms with Crippen LogP contribution in [-0.4, -0.2) is 41.5 Å². The zero-order chi connectivity index (χ0) is 15.4. The second-order valence-electron chi connectivity index (χ2n) is 6.95. The molecule has 0 aliphatic carbocycles. The van der Waals surface area contributed by atoms with Crippen molar-refractivity contribution in [3.63, 3.8) is 0 Å². The molecule has 116 valence electrons. The number of rotatable bonds is 6. The van der Waals surface area contributed by atoms with Crippen LogP contribution in [0.2, 0.25) is 0 Å². The van der Waals surface area contributed by atoms with Crippen molar-refractivity contribution in [2.45, 2.75) is 52.9 Å². The maximum atomic E-state index is 12.2. The molecule has 0 saturated carbocycles. The molecule has 3 N–H and O–H groups in total. The topological polar surface area (TPSA) is 83.6 Å². The molecule has 1 saturated heterocycles. The fraction of sp³-hybridized carbons (Fsp3) is 0.867. The average molecular weight is 284 g/mol. The van der Waals surface area contributed by atoms with Crippen molar-refractivity contribution in [1.82, 2.24) is 4.90 Å². The van der Waals surface area contributed by atoms with Crippen LogP contribution in [0.3, 0.4) is 0 Å². The van der Waals surface area contributed by atoms with Gasteiger partial charge in [0.1, 0.15) is 0 Å². The minimum Gasteiger partial charge on any atom is -0.481 e. The lowest BCUT2D eigenvalue weighted by atomic mass is 9.80. The van der Waals surface area contributed by atoms with Crippen LogP contribution in [0.4, 0.5) is 0 Å². The molecule has 0 aromatic carbocycles. The van der Waals surface area contributed by atoms with E-state index in [1.54, 1.807) is 6.92 Å². The first-order valence-electron chi connectivity index (χ1n) is 7.41. The van der Waals surface area contributed by atoms with Gasteiger partial charge in [0.05, 0.1) is 5.41 Å². The summed E-state index contributed by atoms with van der Waals surface area (Å²) in [7, 11) is 0. The average Bonchev–Trinajstić information content (AvgIpc) is 2.37. The number of carbonyl (C=O) groups excluding carboxylic acids is 1. The molecular formula is C15H28N2O3. The molecule has 0 spiro atoms. The number of piperidine rings is 1. The van der Waals surface area contributed by atoms with Crippen molar-refractivity contribution in [3.05, 3.63) is 0 Å². The summed E-state index contributed by atoms with van der Waals surface area (Å²) in [5, 5.41) is 9.18. The van der Waals surface area contributed by atoms with Crippen LogP contribution < -0.4 is 5.73 Å². The molecule has 0 atom stereocenters. The molecule has 0 radical (unpaired) electrons. The van der Waals surface area contributed by atoms with Gasteiger partial charge in [0.15, 0.2) is 0 Å². The van der Waals surface area contributed by atoms with Gasteiger partial charge in [0.2, 0.25) is 5.91 Å². The van der Waals surface area contributed by atoms with Crippen molar-refractivity contribution in [1.29, 1.82) is 0 Å². The Morgan fingerprint density at radius 2 is 1.80 bits per heavy atom. The molecule has 1 aliphatic heterocycles. The van der Waals surface area contributed by atoms with E-state index in [0.29, 0.717) is 38.9 Å². The summed E-state index contributed by atoms with van der Waals surface area (Å²) in [6.07, 6.45) is 3.35. The molecule has 1 rings (SSSR count). The third-order valence-electron chi connectivity index (χ3n) is 4.57. The summed E-state index contributed by atoms with van der Waals surface area (Å²) in [6, 6.07) is 0. The van der Waals surface area contributed by atoms with Crippen LogP contribution >= 0.6 is 0 Å². The highest BCUT2D eigenvalue weighted by atomic mass is 16.4. The normalized spacial score (nSPS) is 18.9. The third kappa shape index (κ3) is 4.47. The quantitative estimate of drug-likeness (QED) is 0.779. The molecule has 1 aliphatic rings. The summed E-state index contributed by atoms with van der Waals surface area (Å²) >= 11 is 0. The fourth-order valence-electron chi connectivity index (χ4n) is 2.58. The van der Waals surface area contributed by atoms with Gasteiger partial charge in [0, 0.05) is 19.5 Å². The first kappa shape index (κ1) is 17.0. The van der Waals surface area contributed by atoms with Crippen molar-refractivity contribution in [3.8, 4) is 0 Å². The number of nitrogens with two attached hydrogens (primary N) is 1. The molecule has 0 aromatic rings. The van der Waals surface area contributed by atoms with Crippen LogP contribution in [0, 0.1) is 10.8 Å². The second-order valence-corrected chi connectivity index (χ2v) is 6.95. The van der Waals surface area contributed by atoms with E-state index >= 15 is 0 Å². The molecule has 1 amide bonds. The third-order valence-corrected chi connectivity index (χ3v) is 4.57. The first-order chi connectivity index (χ1) is 9.20. The number of likely N-dealkylation sites (tertiary alicyclic amines) is 1. The SMILES string of the molecule is CC(C)(CCN)CCC(=O)N1CCC(C)(C(=O)O)CC1. The first-order valence-corrected chi connectivity index (χ1v) is 7.41. The lowest BCUT2D eigenvalue weighted by molar-refractivity contribution is -0.153. The smallest absolute Gasteiger partial charge is 0.309 e. The van der Waals surface area contributed by atoms with Gasteiger partial charge in [-0.1, -0.05) is 13.8 Å². The van der Waals surface area contributed by atoms with Crippen LogP contribution in [-0.2, 0) is 9.59 Å². The molecule has 0 aromatic heterocycles. The van der Waals surface area contributed by atoms with Crippen molar-refractivity contribution >= 4 is 11.9 Å². The Hall–Kier alpha value is -1.10. The predicted molar refractivity (Wildman–Crippen MR) is 78.2 cm³/mol. The van der Waals surface area contributed by atoms with Gasteiger partial charge in [0.25, 0.3) is 0 Å². The Bertz CT molecular complexity index is 358. The number of carbonyl (C=O) groups is 2. The Balaban J connectivity index is 2.42. The number of amides is 1. The lowest BCUT2D eigenvalue weighted by Crippen LogP contribution is -2.45. The van der Waals surface area contributed by atoms with E-state index in [0.717, 1.165) is 12.8 Å². The summed E-state index contributed by atoms with van der Waals surface area (Å²) in [5.41, 5.74) is 4.99. The molecule has 5 heteroatoms. The van der Waals surface area contributed by atoms with Gasteiger partial charge in [-0.2, -0.15) is 0 Å². The summed E-state index contributed by atoms with van der Waals surface area (Å²) < 4.78 is 0. The van der Waals surface area contributed by atoms with E-state index in [1.807, 2.05) is 4.90 Å². The summed E-state index contributed by atoms with van der Waals surface area (Å²) in [4.78, 5) is 25.2. The van der Waals surface area contributed by atoms with Crippen molar-refractivity contribution in [2.75, 3.05) is 19.6 Å². The highest BCUT2D eigenvalue weighted by Gasteiger charge is 2.38. The Morgan fingerprint density at radius 3 is 2.25 bits per heavy atom. The molecular weight excluding hydrogens is 256 g/mol. The van der Waals surface area contributed by atoms with Gasteiger partial charge in [-0.05, 0) is 44.6 Å². The number of carboxylic acid groups (broad SMARTS) is 1. The molecule has 0 bridgehead atoms. The minimum absolute atomic E-state index is 0.0930. The number of hydrogen-bond acceptors (Lipinski definition) is 3. The molecule has 5 nitrogen and oxygen atoms in total. The number of hydrogen-bond donors (Lipinski definition) is 2.